The number of hydrogen-bond acceptors (Lipinski definition) is 8. The van der Waals surface area contributed by atoms with Gasteiger partial charge in [0.25, 0.3) is 0 Å². The van der Waals surface area contributed by atoms with Crippen molar-refractivity contribution in [1.29, 1.82) is 0 Å². The maximum atomic E-state index is 12.6. The molecule has 0 radical (unpaired) electrons. The van der Waals surface area contributed by atoms with Gasteiger partial charge in [-0.2, -0.15) is 0 Å². The zero-order chi connectivity index (χ0) is 43.9. The highest BCUT2D eigenvalue weighted by molar-refractivity contribution is 7.47. The van der Waals surface area contributed by atoms with Crippen LogP contribution in [0.25, 0.3) is 0 Å². The van der Waals surface area contributed by atoms with Crippen LogP contribution in [-0.2, 0) is 27.9 Å². The molecule has 0 aliphatic carbocycles. The molecule has 3 N–H and O–H groups in total. The van der Waals surface area contributed by atoms with E-state index >= 15 is 0 Å². The van der Waals surface area contributed by atoms with Crippen LogP contribution in [0.3, 0.4) is 0 Å². The van der Waals surface area contributed by atoms with Crippen LogP contribution >= 0.6 is 7.82 Å². The van der Waals surface area contributed by atoms with Crippen LogP contribution in [-0.4, -0.2) is 66.3 Å². The van der Waals surface area contributed by atoms with Gasteiger partial charge in [-0.3, -0.25) is 13.8 Å². The predicted octanol–water partition coefficient (Wildman–Crippen LogP) is 12.4. The van der Waals surface area contributed by atoms with Gasteiger partial charge in [-0.1, -0.05) is 160 Å². The van der Waals surface area contributed by atoms with Crippen molar-refractivity contribution in [3.8, 4) is 0 Å². The summed E-state index contributed by atoms with van der Waals surface area (Å²) in [7, 11) is -4.57. The molecule has 0 aromatic rings. The summed E-state index contributed by atoms with van der Waals surface area (Å²) in [5.74, 6) is -0.492. The molecule has 0 aliphatic heterocycles. The van der Waals surface area contributed by atoms with Crippen LogP contribution in [0.2, 0.25) is 0 Å². The van der Waals surface area contributed by atoms with Gasteiger partial charge in [-0.15, -0.1) is 0 Å². The zero-order valence-electron chi connectivity index (χ0n) is 36.6. The third-order valence-electron chi connectivity index (χ3n) is 8.03. The molecule has 3 atom stereocenters. The van der Waals surface area contributed by atoms with Gasteiger partial charge in [-0.25, -0.2) is 4.57 Å². The first-order valence-electron chi connectivity index (χ1n) is 21.8. The summed E-state index contributed by atoms with van der Waals surface area (Å²) in [5.41, 5.74) is 0. The third-order valence-corrected chi connectivity index (χ3v) is 8.98. The molecule has 0 aliphatic rings. The number of carbonyl (C=O) groups excluding carboxylic acids is 1. The van der Waals surface area contributed by atoms with Gasteiger partial charge in [0.15, 0.2) is 0 Å². The highest BCUT2D eigenvalue weighted by Gasteiger charge is 2.26. The Kier molecular flexibility index (Phi) is 42.1. The summed E-state index contributed by atoms with van der Waals surface area (Å²) in [4.78, 5) is 22.6. The lowest BCUT2D eigenvalue weighted by Crippen LogP contribution is -2.28. The van der Waals surface area contributed by atoms with E-state index in [4.69, 9.17) is 23.6 Å². The number of rotatable bonds is 39. The summed E-state index contributed by atoms with van der Waals surface area (Å²) in [5, 5.41) is 18.4. The van der Waals surface area contributed by atoms with Gasteiger partial charge in [0.2, 0.25) is 0 Å². The van der Waals surface area contributed by atoms with E-state index in [9.17, 15) is 19.4 Å². The van der Waals surface area contributed by atoms with Crippen molar-refractivity contribution in [2.45, 2.75) is 129 Å². The van der Waals surface area contributed by atoms with E-state index in [0.29, 0.717) is 13.0 Å². The lowest BCUT2D eigenvalue weighted by atomic mass is 10.2. The molecule has 0 rings (SSSR count). The van der Waals surface area contributed by atoms with Crippen molar-refractivity contribution < 1.29 is 43.0 Å². The van der Waals surface area contributed by atoms with Crippen molar-refractivity contribution in [2.75, 3.05) is 33.0 Å². The van der Waals surface area contributed by atoms with E-state index in [1.54, 1.807) is 0 Å². The molecule has 0 heterocycles. The third kappa shape index (κ3) is 43.9. The smallest absolute Gasteiger partial charge is 0.457 e. The number of ether oxygens (including phenoxy) is 2. The average molecular weight is 853 g/mol. The van der Waals surface area contributed by atoms with Crippen molar-refractivity contribution in [2.24, 2.45) is 0 Å². The van der Waals surface area contributed by atoms with E-state index in [-0.39, 0.29) is 13.0 Å². The topological polar surface area (TPSA) is 132 Å². The van der Waals surface area contributed by atoms with Crippen LogP contribution in [0.15, 0.2) is 146 Å². The Morgan fingerprint density at radius 1 is 0.517 bits per heavy atom. The Morgan fingerprint density at radius 2 is 0.867 bits per heavy atom. The zero-order valence-corrected chi connectivity index (χ0v) is 37.5. The minimum absolute atomic E-state index is 0.0331. The van der Waals surface area contributed by atoms with Crippen molar-refractivity contribution >= 4 is 13.8 Å². The summed E-state index contributed by atoms with van der Waals surface area (Å²) in [6.45, 7) is 2.97. The second-order valence-electron chi connectivity index (χ2n) is 13.6. The second-order valence-corrected chi connectivity index (χ2v) is 15.0. The molecule has 10 heteroatoms. The van der Waals surface area contributed by atoms with Gasteiger partial charge >= 0.3 is 13.8 Å². The molecule has 336 valence electrons. The van der Waals surface area contributed by atoms with Gasteiger partial charge in [-0.05, 0) is 96.3 Å². The molecule has 0 amide bonds. The first-order chi connectivity index (χ1) is 29.3. The van der Waals surface area contributed by atoms with Crippen LogP contribution in [0.5, 0.6) is 0 Å². The normalized spacial score (nSPS) is 15.3. The number of carbonyl (C=O) groups is 1. The number of phosphoric ester groups is 1. The number of esters is 1. The van der Waals surface area contributed by atoms with Gasteiger partial charge < -0.3 is 24.6 Å². The molecular weight excluding hydrogens is 776 g/mol. The van der Waals surface area contributed by atoms with Crippen molar-refractivity contribution in [3.63, 3.8) is 0 Å². The summed E-state index contributed by atoms with van der Waals surface area (Å²) in [6.07, 6.45) is 62.6. The predicted molar refractivity (Wildman–Crippen MR) is 250 cm³/mol. The fourth-order valence-corrected chi connectivity index (χ4v) is 5.60. The first-order valence-corrected chi connectivity index (χ1v) is 23.3. The first kappa shape index (κ1) is 56.3. The Labute approximate surface area is 363 Å². The number of allylic oxidation sites excluding steroid dienone is 24. The monoisotopic (exact) mass is 853 g/mol. The van der Waals surface area contributed by atoms with Crippen LogP contribution in [0, 0.1) is 0 Å². The molecule has 9 nitrogen and oxygen atoms in total. The van der Waals surface area contributed by atoms with Crippen molar-refractivity contribution in [1.82, 2.24) is 0 Å². The molecule has 3 unspecified atom stereocenters. The van der Waals surface area contributed by atoms with Gasteiger partial charge in [0.05, 0.1) is 26.4 Å². The SMILES string of the molecule is CC/C=C\C/C=C\C/C=C\C/C=C\C/C=C\C/C=C\CCCOCC(COP(=O)(O)OCC(O)CO)OC(=O)CC/C=C\C/C=C\C/C=C\C/C=C\C/C=C\C/C=C\CC. The highest BCUT2D eigenvalue weighted by Crippen LogP contribution is 2.43. The lowest BCUT2D eigenvalue weighted by molar-refractivity contribution is -0.154. The number of phosphoric acid groups is 1. The van der Waals surface area contributed by atoms with Crippen LogP contribution in [0.1, 0.15) is 117 Å². The number of unbranched alkanes of at least 4 members (excludes halogenated alkanes) is 1. The van der Waals surface area contributed by atoms with Crippen LogP contribution < -0.4 is 0 Å². The Hall–Kier alpha value is -3.66. The molecule has 0 aromatic carbocycles. The summed E-state index contributed by atoms with van der Waals surface area (Å²) < 4.78 is 33.2. The largest absolute Gasteiger partial charge is 0.472 e. The quantitative estimate of drug-likeness (QED) is 0.0239. The standard InChI is InChI=1S/C50H77O9P/c1-3-5-7-9-11-13-15-17-19-21-23-25-27-29-31-33-35-37-39-41-43-56-46-49(47-58-60(54,55)57-45-48(52)44-51)59-50(53)42-40-38-36-34-32-30-28-26-24-22-20-18-16-14-12-10-8-6-4-2/h5-8,11-14,17-20,23-26,29-32,35-38,48-49,51-52H,3-4,9-10,15-16,21-22,27-28,33-34,39-47H2,1-2H3,(H,54,55)/b7-5-,8-6-,13-11-,14-12-,19-17-,20-18-,25-23-,26-24-,31-29-,32-30-,37-35-,38-36-. The summed E-state index contributed by atoms with van der Waals surface area (Å²) >= 11 is 0. The maximum Gasteiger partial charge on any atom is 0.472 e. The van der Waals surface area contributed by atoms with Crippen LogP contribution in [0.4, 0.5) is 0 Å². The molecule has 0 spiro atoms. The Morgan fingerprint density at radius 3 is 1.25 bits per heavy atom. The van der Waals surface area contributed by atoms with E-state index in [0.717, 1.165) is 89.9 Å². The second kappa shape index (κ2) is 44.9. The van der Waals surface area contributed by atoms with E-state index < -0.39 is 45.8 Å². The fraction of sp³-hybridized carbons (Fsp3) is 0.500. The lowest BCUT2D eigenvalue weighted by Gasteiger charge is -2.20. The average Bonchev–Trinajstić information content (AvgIpc) is 3.24. The minimum Gasteiger partial charge on any atom is -0.457 e. The summed E-state index contributed by atoms with van der Waals surface area (Å²) in [6, 6.07) is 0. The van der Waals surface area contributed by atoms with Gasteiger partial charge in [0, 0.05) is 13.0 Å². The van der Waals surface area contributed by atoms with Crippen molar-refractivity contribution in [3.05, 3.63) is 146 Å². The Bertz CT molecular complexity index is 1430. The molecule has 0 aromatic heterocycles. The molecule has 60 heavy (non-hydrogen) atoms. The Balaban J connectivity index is 4.45. The van der Waals surface area contributed by atoms with Gasteiger partial charge in [0.1, 0.15) is 12.2 Å². The molecule has 0 fully saturated rings. The van der Waals surface area contributed by atoms with E-state index in [2.05, 4.69) is 148 Å². The molecular formula is C50H77O9P. The van der Waals surface area contributed by atoms with E-state index in [1.165, 1.54) is 0 Å². The molecule has 0 bridgehead atoms. The fourth-order valence-electron chi connectivity index (χ4n) is 4.81. The minimum atomic E-state index is -4.57. The molecule has 0 saturated carbocycles. The highest BCUT2D eigenvalue weighted by atomic mass is 31.2. The van der Waals surface area contributed by atoms with E-state index in [1.807, 2.05) is 12.2 Å². The number of aliphatic hydroxyl groups is 2. The molecule has 0 saturated heterocycles. The maximum absolute atomic E-state index is 12.6. The number of hydrogen-bond donors (Lipinski definition) is 3. The number of aliphatic hydroxyl groups excluding tert-OH is 2.